The maximum Gasteiger partial charge on any atom is 0.0884 e. The summed E-state index contributed by atoms with van der Waals surface area (Å²) in [5.74, 6) is 0. The first kappa shape index (κ1) is 11.7. The van der Waals surface area contributed by atoms with Crippen molar-refractivity contribution in [2.45, 2.75) is 26.1 Å². The SMILES string of the molecule is C=C[C@H]1CN(CCOCC)C[C@@H](C)O1. The number of nitrogens with zero attached hydrogens (tertiary/aromatic N) is 1. The highest BCUT2D eigenvalue weighted by Crippen LogP contribution is 2.11. The lowest BCUT2D eigenvalue weighted by molar-refractivity contribution is -0.0603. The topological polar surface area (TPSA) is 21.7 Å². The van der Waals surface area contributed by atoms with E-state index in [-0.39, 0.29) is 6.10 Å². The molecular weight excluding hydrogens is 178 g/mol. The molecule has 1 saturated heterocycles. The lowest BCUT2D eigenvalue weighted by Crippen LogP contribution is -2.46. The number of morpholine rings is 1. The van der Waals surface area contributed by atoms with E-state index in [0.717, 1.165) is 32.8 Å². The molecule has 0 unspecified atom stereocenters. The van der Waals surface area contributed by atoms with Crippen LogP contribution in [0.3, 0.4) is 0 Å². The van der Waals surface area contributed by atoms with Crippen LogP contribution in [0.5, 0.6) is 0 Å². The molecule has 0 amide bonds. The molecule has 0 aromatic carbocycles. The Balaban J connectivity index is 2.26. The van der Waals surface area contributed by atoms with E-state index < -0.39 is 0 Å². The Morgan fingerprint density at radius 2 is 2.36 bits per heavy atom. The minimum Gasteiger partial charge on any atom is -0.380 e. The Labute approximate surface area is 86.7 Å². The maximum absolute atomic E-state index is 5.67. The second kappa shape index (κ2) is 6.17. The van der Waals surface area contributed by atoms with Gasteiger partial charge in [0.1, 0.15) is 0 Å². The first-order valence-corrected chi connectivity index (χ1v) is 5.34. The van der Waals surface area contributed by atoms with Crippen LogP contribution in [-0.2, 0) is 9.47 Å². The standard InChI is InChI=1S/C11H21NO2/c1-4-11-9-12(6-7-13-5-2)8-10(3)14-11/h4,10-11H,1,5-9H2,2-3H3/t10-,11+/m1/s1. The van der Waals surface area contributed by atoms with Crippen LogP contribution in [0.25, 0.3) is 0 Å². The molecule has 1 aliphatic heterocycles. The molecule has 3 nitrogen and oxygen atoms in total. The van der Waals surface area contributed by atoms with Gasteiger partial charge in [0.05, 0.1) is 18.8 Å². The molecule has 3 heteroatoms. The Morgan fingerprint density at radius 1 is 1.57 bits per heavy atom. The second-order valence-electron chi connectivity index (χ2n) is 3.68. The third-order valence-corrected chi connectivity index (χ3v) is 2.38. The summed E-state index contributed by atoms with van der Waals surface area (Å²) >= 11 is 0. The van der Waals surface area contributed by atoms with E-state index in [1.165, 1.54) is 0 Å². The zero-order valence-electron chi connectivity index (χ0n) is 9.24. The molecule has 1 aliphatic rings. The molecule has 1 fully saturated rings. The summed E-state index contributed by atoms with van der Waals surface area (Å²) in [7, 11) is 0. The van der Waals surface area contributed by atoms with Crippen LogP contribution in [0, 0.1) is 0 Å². The van der Waals surface area contributed by atoms with Crippen molar-refractivity contribution in [3.8, 4) is 0 Å². The number of hydrogen-bond acceptors (Lipinski definition) is 3. The van der Waals surface area contributed by atoms with Gasteiger partial charge < -0.3 is 9.47 Å². The average molecular weight is 199 g/mol. The summed E-state index contributed by atoms with van der Waals surface area (Å²) in [6, 6.07) is 0. The van der Waals surface area contributed by atoms with Crippen LogP contribution in [0.15, 0.2) is 12.7 Å². The molecule has 14 heavy (non-hydrogen) atoms. The summed E-state index contributed by atoms with van der Waals surface area (Å²) in [6.45, 7) is 12.4. The zero-order valence-corrected chi connectivity index (χ0v) is 9.24. The van der Waals surface area contributed by atoms with Gasteiger partial charge in [-0.1, -0.05) is 6.08 Å². The van der Waals surface area contributed by atoms with Crippen molar-refractivity contribution in [2.24, 2.45) is 0 Å². The highest BCUT2D eigenvalue weighted by atomic mass is 16.5. The molecule has 82 valence electrons. The fourth-order valence-corrected chi connectivity index (χ4v) is 1.73. The van der Waals surface area contributed by atoms with Crippen LogP contribution in [0.2, 0.25) is 0 Å². The minimum atomic E-state index is 0.181. The number of rotatable bonds is 5. The Bertz CT molecular complexity index is 173. The molecule has 0 aromatic rings. The van der Waals surface area contributed by atoms with Crippen molar-refractivity contribution in [2.75, 3.05) is 32.8 Å². The molecule has 0 bridgehead atoms. The van der Waals surface area contributed by atoms with Crippen LogP contribution in [-0.4, -0.2) is 50.0 Å². The predicted octanol–water partition coefficient (Wildman–Crippen LogP) is 1.30. The molecule has 1 rings (SSSR count). The van der Waals surface area contributed by atoms with Crippen LogP contribution >= 0.6 is 0 Å². The first-order chi connectivity index (χ1) is 6.76. The summed E-state index contributed by atoms with van der Waals surface area (Å²) in [5.41, 5.74) is 0. The van der Waals surface area contributed by atoms with Crippen molar-refractivity contribution in [3.05, 3.63) is 12.7 Å². The molecule has 0 radical (unpaired) electrons. The highest BCUT2D eigenvalue weighted by molar-refractivity contribution is 4.87. The van der Waals surface area contributed by atoms with Gasteiger partial charge in [0.2, 0.25) is 0 Å². The Morgan fingerprint density at radius 3 is 3.00 bits per heavy atom. The van der Waals surface area contributed by atoms with Gasteiger partial charge >= 0.3 is 0 Å². The molecular formula is C11H21NO2. The molecule has 2 atom stereocenters. The average Bonchev–Trinajstić information content (AvgIpc) is 2.17. The van der Waals surface area contributed by atoms with Crippen molar-refractivity contribution in [1.82, 2.24) is 4.90 Å². The third-order valence-electron chi connectivity index (χ3n) is 2.38. The van der Waals surface area contributed by atoms with Crippen molar-refractivity contribution in [1.29, 1.82) is 0 Å². The van der Waals surface area contributed by atoms with Crippen LogP contribution < -0.4 is 0 Å². The normalized spacial score (nSPS) is 29.0. The lowest BCUT2D eigenvalue weighted by atomic mass is 10.2. The highest BCUT2D eigenvalue weighted by Gasteiger charge is 2.22. The van der Waals surface area contributed by atoms with Crippen molar-refractivity contribution < 1.29 is 9.47 Å². The number of hydrogen-bond donors (Lipinski definition) is 0. The van der Waals surface area contributed by atoms with E-state index in [0.29, 0.717) is 6.10 Å². The Hall–Kier alpha value is -0.380. The van der Waals surface area contributed by atoms with Crippen molar-refractivity contribution in [3.63, 3.8) is 0 Å². The molecule has 0 N–H and O–H groups in total. The van der Waals surface area contributed by atoms with E-state index >= 15 is 0 Å². The van der Waals surface area contributed by atoms with E-state index in [1.807, 2.05) is 13.0 Å². The summed E-state index contributed by atoms with van der Waals surface area (Å²) < 4.78 is 11.0. The van der Waals surface area contributed by atoms with Gasteiger partial charge in [-0.2, -0.15) is 0 Å². The molecule has 0 aliphatic carbocycles. The van der Waals surface area contributed by atoms with E-state index in [2.05, 4.69) is 18.4 Å². The quantitative estimate of drug-likeness (QED) is 0.492. The third kappa shape index (κ3) is 3.78. The monoisotopic (exact) mass is 199 g/mol. The molecule has 1 heterocycles. The van der Waals surface area contributed by atoms with E-state index in [1.54, 1.807) is 0 Å². The van der Waals surface area contributed by atoms with Gasteiger partial charge in [0.25, 0.3) is 0 Å². The molecule has 0 spiro atoms. The summed E-state index contributed by atoms with van der Waals surface area (Å²) in [6.07, 6.45) is 2.36. The summed E-state index contributed by atoms with van der Waals surface area (Å²) in [4.78, 5) is 2.37. The molecule has 0 saturated carbocycles. The summed E-state index contributed by atoms with van der Waals surface area (Å²) in [5, 5.41) is 0. The second-order valence-corrected chi connectivity index (χ2v) is 3.68. The van der Waals surface area contributed by atoms with Gasteiger partial charge in [-0.3, -0.25) is 4.90 Å². The van der Waals surface area contributed by atoms with Gasteiger partial charge in [-0.05, 0) is 13.8 Å². The largest absolute Gasteiger partial charge is 0.380 e. The predicted molar refractivity (Wildman–Crippen MR) is 57.5 cm³/mol. The smallest absolute Gasteiger partial charge is 0.0884 e. The van der Waals surface area contributed by atoms with Gasteiger partial charge in [0.15, 0.2) is 0 Å². The maximum atomic E-state index is 5.67. The zero-order chi connectivity index (χ0) is 10.4. The van der Waals surface area contributed by atoms with Crippen LogP contribution in [0.4, 0.5) is 0 Å². The number of ether oxygens (including phenoxy) is 2. The Kier molecular flexibility index (Phi) is 5.15. The van der Waals surface area contributed by atoms with Crippen molar-refractivity contribution >= 4 is 0 Å². The van der Waals surface area contributed by atoms with Gasteiger partial charge in [-0.15, -0.1) is 6.58 Å². The van der Waals surface area contributed by atoms with E-state index in [9.17, 15) is 0 Å². The fourth-order valence-electron chi connectivity index (χ4n) is 1.73. The van der Waals surface area contributed by atoms with Crippen LogP contribution in [0.1, 0.15) is 13.8 Å². The van der Waals surface area contributed by atoms with E-state index in [4.69, 9.17) is 9.47 Å². The molecule has 0 aromatic heterocycles. The lowest BCUT2D eigenvalue weighted by Gasteiger charge is -2.35. The fraction of sp³-hybridized carbons (Fsp3) is 0.818. The first-order valence-electron chi connectivity index (χ1n) is 5.34. The van der Waals surface area contributed by atoms with Gasteiger partial charge in [-0.25, -0.2) is 0 Å². The minimum absolute atomic E-state index is 0.181. The van der Waals surface area contributed by atoms with Gasteiger partial charge in [0, 0.05) is 26.2 Å².